The van der Waals surface area contributed by atoms with Gasteiger partial charge in [0, 0.05) is 6.42 Å². The highest BCUT2D eigenvalue weighted by Crippen LogP contribution is 2.41. The molecule has 100 valence electrons. The lowest BCUT2D eigenvalue weighted by atomic mass is 9.87. The fourth-order valence-electron chi connectivity index (χ4n) is 3.12. The maximum Gasteiger partial charge on any atom is 0.123 e. The highest BCUT2D eigenvalue weighted by molar-refractivity contribution is 5.41. The molecule has 0 fully saturated rings. The zero-order chi connectivity index (χ0) is 13.0. The molecule has 0 radical (unpaired) electrons. The fourth-order valence-corrected chi connectivity index (χ4v) is 3.12. The Hall–Kier alpha value is -0.980. The summed E-state index contributed by atoms with van der Waals surface area (Å²) in [7, 11) is 0. The van der Waals surface area contributed by atoms with Crippen LogP contribution in [0.5, 0.6) is 5.75 Å². The van der Waals surface area contributed by atoms with Gasteiger partial charge < -0.3 is 4.74 Å². The molecule has 1 aliphatic rings. The van der Waals surface area contributed by atoms with E-state index in [1.54, 1.807) is 0 Å². The molecular weight excluding hydrogens is 220 g/mol. The van der Waals surface area contributed by atoms with Crippen LogP contribution in [0.25, 0.3) is 0 Å². The van der Waals surface area contributed by atoms with E-state index >= 15 is 0 Å². The Morgan fingerprint density at radius 1 is 1.11 bits per heavy atom. The van der Waals surface area contributed by atoms with Crippen molar-refractivity contribution in [2.45, 2.75) is 71.3 Å². The highest BCUT2D eigenvalue weighted by Gasteiger charge is 2.37. The number of ether oxygens (including phenoxy) is 1. The summed E-state index contributed by atoms with van der Waals surface area (Å²) < 4.78 is 6.34. The molecule has 0 saturated heterocycles. The zero-order valence-electron chi connectivity index (χ0n) is 12.1. The van der Waals surface area contributed by atoms with Crippen LogP contribution in [-0.4, -0.2) is 5.60 Å². The van der Waals surface area contributed by atoms with Crippen molar-refractivity contribution in [3.8, 4) is 5.75 Å². The smallest absolute Gasteiger partial charge is 0.123 e. The first-order valence-electron chi connectivity index (χ1n) is 7.47. The highest BCUT2D eigenvalue weighted by atomic mass is 16.5. The molecule has 1 aromatic rings. The van der Waals surface area contributed by atoms with Crippen LogP contribution >= 0.6 is 0 Å². The first-order chi connectivity index (χ1) is 8.69. The molecule has 1 nitrogen and oxygen atoms in total. The number of hydrogen-bond donors (Lipinski definition) is 0. The second kappa shape index (κ2) is 5.77. The lowest BCUT2D eigenvalue weighted by molar-refractivity contribution is 0.0709. The molecule has 0 spiro atoms. The van der Waals surface area contributed by atoms with Crippen LogP contribution in [0.4, 0.5) is 0 Å². The largest absolute Gasteiger partial charge is 0.487 e. The van der Waals surface area contributed by atoms with Crippen molar-refractivity contribution in [3.63, 3.8) is 0 Å². The van der Waals surface area contributed by atoms with Crippen molar-refractivity contribution in [2.75, 3.05) is 0 Å². The second-order valence-corrected chi connectivity index (χ2v) is 5.78. The van der Waals surface area contributed by atoms with E-state index in [4.69, 9.17) is 4.74 Å². The van der Waals surface area contributed by atoms with Crippen LogP contribution in [0, 0.1) is 6.92 Å². The Morgan fingerprint density at radius 2 is 1.94 bits per heavy atom. The summed E-state index contributed by atoms with van der Waals surface area (Å²) in [5, 5.41) is 0. The van der Waals surface area contributed by atoms with Gasteiger partial charge in [0.15, 0.2) is 0 Å². The molecule has 1 heteroatoms. The van der Waals surface area contributed by atoms with Gasteiger partial charge in [-0.3, -0.25) is 0 Å². The molecule has 0 aromatic heterocycles. The third kappa shape index (κ3) is 2.88. The molecule has 1 aliphatic heterocycles. The average molecular weight is 246 g/mol. The van der Waals surface area contributed by atoms with E-state index in [9.17, 15) is 0 Å². The van der Waals surface area contributed by atoms with Gasteiger partial charge in [0.2, 0.25) is 0 Å². The Kier molecular flexibility index (Phi) is 4.31. The van der Waals surface area contributed by atoms with Gasteiger partial charge in [-0.15, -0.1) is 0 Å². The first kappa shape index (κ1) is 13.5. The van der Waals surface area contributed by atoms with Crippen LogP contribution < -0.4 is 4.74 Å². The third-order valence-electron chi connectivity index (χ3n) is 4.00. The Morgan fingerprint density at radius 3 is 2.67 bits per heavy atom. The maximum absolute atomic E-state index is 6.34. The predicted octanol–water partition coefficient (Wildman–Crippen LogP) is 5.05. The zero-order valence-corrected chi connectivity index (χ0v) is 12.1. The molecule has 1 unspecified atom stereocenters. The lowest BCUT2D eigenvalue weighted by Crippen LogP contribution is -2.34. The van der Waals surface area contributed by atoms with E-state index in [2.05, 4.69) is 39.0 Å². The van der Waals surface area contributed by atoms with Gasteiger partial charge in [0.25, 0.3) is 0 Å². The van der Waals surface area contributed by atoms with Gasteiger partial charge in [0.05, 0.1) is 0 Å². The van der Waals surface area contributed by atoms with E-state index in [0.717, 1.165) is 12.2 Å². The monoisotopic (exact) mass is 246 g/mol. The number of aryl methyl sites for hydroxylation is 1. The number of rotatable bonds is 6. The molecule has 0 bridgehead atoms. The van der Waals surface area contributed by atoms with Gasteiger partial charge in [-0.25, -0.2) is 0 Å². The van der Waals surface area contributed by atoms with Crippen LogP contribution in [0.2, 0.25) is 0 Å². The van der Waals surface area contributed by atoms with E-state index in [-0.39, 0.29) is 5.60 Å². The normalized spacial score (nSPS) is 21.7. The molecule has 0 aliphatic carbocycles. The van der Waals surface area contributed by atoms with E-state index in [0.29, 0.717) is 0 Å². The summed E-state index contributed by atoms with van der Waals surface area (Å²) in [5.41, 5.74) is 2.86. The van der Waals surface area contributed by atoms with Crippen molar-refractivity contribution in [3.05, 3.63) is 29.3 Å². The van der Waals surface area contributed by atoms with Crippen LogP contribution in [0.15, 0.2) is 18.2 Å². The minimum Gasteiger partial charge on any atom is -0.487 e. The topological polar surface area (TPSA) is 9.23 Å². The summed E-state index contributed by atoms with van der Waals surface area (Å²) in [5.74, 6) is 1.13. The number of unbranched alkanes of at least 4 members (excludes halogenated alkanes) is 2. The van der Waals surface area contributed by atoms with Crippen molar-refractivity contribution in [1.82, 2.24) is 0 Å². The summed E-state index contributed by atoms with van der Waals surface area (Å²) in [6, 6.07) is 6.61. The summed E-state index contributed by atoms with van der Waals surface area (Å²) in [6.07, 6.45) is 8.62. The van der Waals surface area contributed by atoms with Crippen molar-refractivity contribution in [1.29, 1.82) is 0 Å². The first-order valence-corrected chi connectivity index (χ1v) is 7.47. The van der Waals surface area contributed by atoms with E-state index in [1.165, 1.54) is 49.7 Å². The second-order valence-electron chi connectivity index (χ2n) is 5.78. The lowest BCUT2D eigenvalue weighted by Gasteiger charge is -2.28. The minimum atomic E-state index is 0.0973. The molecule has 1 aromatic carbocycles. The van der Waals surface area contributed by atoms with E-state index < -0.39 is 0 Å². The molecule has 0 saturated carbocycles. The van der Waals surface area contributed by atoms with Crippen LogP contribution in [-0.2, 0) is 6.42 Å². The third-order valence-corrected chi connectivity index (χ3v) is 4.00. The Bertz CT molecular complexity index is 397. The van der Waals surface area contributed by atoms with E-state index in [1.807, 2.05) is 0 Å². The Labute approximate surface area is 112 Å². The standard InChI is InChI=1S/C17H26O/c1-4-6-7-11-17(10-5-2)13-15-12-14(3)8-9-16(15)18-17/h8-9,12H,4-7,10-11,13H2,1-3H3. The molecule has 18 heavy (non-hydrogen) atoms. The van der Waals surface area contributed by atoms with Crippen molar-refractivity contribution in [2.24, 2.45) is 0 Å². The maximum atomic E-state index is 6.34. The van der Waals surface area contributed by atoms with Crippen molar-refractivity contribution < 1.29 is 4.74 Å². The molecule has 1 heterocycles. The molecule has 2 rings (SSSR count). The number of fused-ring (bicyclic) bond motifs is 1. The molecular formula is C17H26O. The van der Waals surface area contributed by atoms with Gasteiger partial charge >= 0.3 is 0 Å². The predicted molar refractivity (Wildman–Crippen MR) is 77.3 cm³/mol. The molecule has 0 N–H and O–H groups in total. The van der Waals surface area contributed by atoms with Gasteiger partial charge in [-0.1, -0.05) is 50.8 Å². The summed E-state index contributed by atoms with van der Waals surface area (Å²) >= 11 is 0. The molecule has 1 atom stereocenters. The summed E-state index contributed by atoms with van der Waals surface area (Å²) in [6.45, 7) is 6.69. The fraction of sp³-hybridized carbons (Fsp3) is 0.647. The van der Waals surface area contributed by atoms with Crippen LogP contribution in [0.3, 0.4) is 0 Å². The van der Waals surface area contributed by atoms with Gasteiger partial charge in [-0.05, 0) is 37.8 Å². The quantitative estimate of drug-likeness (QED) is 0.638. The van der Waals surface area contributed by atoms with Crippen molar-refractivity contribution >= 4 is 0 Å². The minimum absolute atomic E-state index is 0.0973. The Balaban J connectivity index is 2.10. The molecule has 0 amide bonds. The van der Waals surface area contributed by atoms with Crippen LogP contribution in [0.1, 0.15) is 63.5 Å². The summed E-state index contributed by atoms with van der Waals surface area (Å²) in [4.78, 5) is 0. The average Bonchev–Trinajstić information content (AvgIpc) is 2.67. The number of benzene rings is 1. The SMILES string of the molecule is CCCCCC1(CCC)Cc2cc(C)ccc2O1. The van der Waals surface area contributed by atoms with Gasteiger partial charge in [-0.2, -0.15) is 0 Å². The van der Waals surface area contributed by atoms with Gasteiger partial charge in [0.1, 0.15) is 11.4 Å². The number of hydrogen-bond acceptors (Lipinski definition) is 1.